The Balaban J connectivity index is 1.49. The van der Waals surface area contributed by atoms with Gasteiger partial charge in [0.15, 0.2) is 5.65 Å². The van der Waals surface area contributed by atoms with E-state index in [1.165, 1.54) is 29.7 Å². The summed E-state index contributed by atoms with van der Waals surface area (Å²) in [5.74, 6) is 0.536. The molecule has 0 atom stereocenters. The van der Waals surface area contributed by atoms with Gasteiger partial charge in [-0.15, -0.1) is 11.3 Å². The number of thiophene rings is 1. The molecule has 6 rings (SSSR count). The number of rotatable bonds is 3. The minimum atomic E-state index is 0.0600. The molecule has 1 aliphatic heterocycles. The van der Waals surface area contributed by atoms with Gasteiger partial charge < -0.3 is 10.6 Å². The molecule has 2 aliphatic rings. The first-order valence-electron chi connectivity index (χ1n) is 11.4. The molecule has 0 unspecified atom stereocenters. The zero-order chi connectivity index (χ0) is 21.8. The SMILES string of the molecule is Cn1cc2cc(-c3cc(C4CCC4)c4c(N)c(C(=O)N5CCCCC5)sc4n3)cnc2n1. The third-order valence-corrected chi connectivity index (χ3v) is 7.97. The van der Waals surface area contributed by atoms with E-state index in [0.717, 1.165) is 71.3 Å². The number of nitrogen functional groups attached to an aromatic ring is 1. The second kappa shape index (κ2) is 7.55. The van der Waals surface area contributed by atoms with Crippen LogP contribution in [0.3, 0.4) is 0 Å². The number of piperidine rings is 1. The molecule has 0 radical (unpaired) electrons. The summed E-state index contributed by atoms with van der Waals surface area (Å²) < 4.78 is 1.77. The molecule has 164 valence electrons. The highest BCUT2D eigenvalue weighted by atomic mass is 32.1. The average molecular weight is 447 g/mol. The monoisotopic (exact) mass is 446 g/mol. The molecule has 0 spiro atoms. The van der Waals surface area contributed by atoms with Crippen molar-refractivity contribution in [3.8, 4) is 11.3 Å². The van der Waals surface area contributed by atoms with Crippen LogP contribution in [-0.2, 0) is 7.05 Å². The minimum absolute atomic E-state index is 0.0600. The highest BCUT2D eigenvalue weighted by Gasteiger charge is 2.29. The zero-order valence-corrected chi connectivity index (χ0v) is 19.0. The molecule has 2 fully saturated rings. The highest BCUT2D eigenvalue weighted by molar-refractivity contribution is 7.21. The first-order valence-corrected chi connectivity index (χ1v) is 12.2. The molecule has 4 aromatic rings. The van der Waals surface area contributed by atoms with Gasteiger partial charge >= 0.3 is 0 Å². The van der Waals surface area contributed by atoms with Crippen molar-refractivity contribution in [2.45, 2.75) is 44.4 Å². The normalized spacial score (nSPS) is 17.2. The maximum Gasteiger partial charge on any atom is 0.266 e. The summed E-state index contributed by atoms with van der Waals surface area (Å²) in [7, 11) is 1.90. The predicted octanol–water partition coefficient (Wildman–Crippen LogP) is 4.72. The zero-order valence-electron chi connectivity index (χ0n) is 18.2. The second-order valence-corrected chi connectivity index (χ2v) is 10.0. The van der Waals surface area contributed by atoms with Gasteiger partial charge in [-0.05, 0) is 55.7 Å². The number of likely N-dealkylation sites (tertiary alicyclic amines) is 1. The van der Waals surface area contributed by atoms with Crippen LogP contribution in [0, 0.1) is 0 Å². The summed E-state index contributed by atoms with van der Waals surface area (Å²) in [5.41, 5.74) is 11.0. The van der Waals surface area contributed by atoms with E-state index >= 15 is 0 Å². The summed E-state index contributed by atoms with van der Waals surface area (Å²) in [6.45, 7) is 1.63. The number of nitrogens with two attached hydrogens (primary N) is 1. The van der Waals surface area contributed by atoms with Gasteiger partial charge in [-0.25, -0.2) is 9.97 Å². The summed E-state index contributed by atoms with van der Waals surface area (Å²) in [6.07, 6.45) is 10.7. The van der Waals surface area contributed by atoms with Gasteiger partial charge in [-0.3, -0.25) is 9.48 Å². The number of nitrogens with zero attached hydrogens (tertiary/aromatic N) is 5. The number of fused-ring (bicyclic) bond motifs is 2. The number of anilines is 1. The van der Waals surface area contributed by atoms with Crippen LogP contribution in [0.25, 0.3) is 32.5 Å². The fourth-order valence-corrected chi connectivity index (χ4v) is 6.01. The summed E-state index contributed by atoms with van der Waals surface area (Å²) >= 11 is 1.44. The number of carbonyl (C=O) groups is 1. The lowest BCUT2D eigenvalue weighted by atomic mass is 9.78. The molecule has 0 bridgehead atoms. The van der Waals surface area contributed by atoms with Crippen molar-refractivity contribution in [3.05, 3.63) is 35.0 Å². The number of pyridine rings is 2. The number of amides is 1. The summed E-state index contributed by atoms with van der Waals surface area (Å²) in [4.78, 5) is 26.2. The lowest BCUT2D eigenvalue weighted by molar-refractivity contribution is 0.0730. The molecular formula is C24H26N6OS. The third-order valence-electron chi connectivity index (χ3n) is 6.88. The van der Waals surface area contributed by atoms with E-state index in [1.54, 1.807) is 4.68 Å². The maximum absolute atomic E-state index is 13.3. The molecule has 32 heavy (non-hydrogen) atoms. The Labute approximate surface area is 190 Å². The van der Waals surface area contributed by atoms with E-state index in [4.69, 9.17) is 10.7 Å². The van der Waals surface area contributed by atoms with Gasteiger partial charge in [-0.1, -0.05) is 6.42 Å². The highest BCUT2D eigenvalue weighted by Crippen LogP contribution is 2.46. The Kier molecular flexibility index (Phi) is 4.64. The number of hydrogen-bond donors (Lipinski definition) is 1. The van der Waals surface area contributed by atoms with Crippen LogP contribution < -0.4 is 5.73 Å². The smallest absolute Gasteiger partial charge is 0.266 e. The third kappa shape index (κ3) is 3.16. The molecular weight excluding hydrogens is 420 g/mol. The van der Waals surface area contributed by atoms with Crippen LogP contribution in [0.4, 0.5) is 5.69 Å². The van der Waals surface area contributed by atoms with E-state index in [0.29, 0.717) is 16.5 Å². The first kappa shape index (κ1) is 19.7. The molecule has 8 heteroatoms. The van der Waals surface area contributed by atoms with Crippen LogP contribution in [0.5, 0.6) is 0 Å². The molecule has 1 saturated heterocycles. The minimum Gasteiger partial charge on any atom is -0.397 e. The first-order chi connectivity index (χ1) is 15.6. The standard InChI is InChI=1S/C24H26N6OS/c1-29-13-16-10-15(12-26-22(16)28-29)18-11-17(14-6-5-7-14)19-20(25)21(32-23(19)27-18)24(31)30-8-3-2-4-9-30/h10-14H,2-9,25H2,1H3. The topological polar surface area (TPSA) is 89.9 Å². The van der Waals surface area contributed by atoms with Crippen LogP contribution in [-0.4, -0.2) is 43.6 Å². The lowest BCUT2D eigenvalue weighted by Gasteiger charge is -2.27. The maximum atomic E-state index is 13.3. The summed E-state index contributed by atoms with van der Waals surface area (Å²) in [6, 6.07) is 4.26. The molecule has 1 saturated carbocycles. The fourth-order valence-electron chi connectivity index (χ4n) is 4.91. The van der Waals surface area contributed by atoms with Crippen LogP contribution in [0.2, 0.25) is 0 Å². The molecule has 2 N–H and O–H groups in total. The average Bonchev–Trinajstić information content (AvgIpc) is 3.30. The summed E-state index contributed by atoms with van der Waals surface area (Å²) in [5, 5.41) is 6.35. The van der Waals surface area contributed by atoms with Crippen LogP contribution in [0.15, 0.2) is 24.5 Å². The van der Waals surface area contributed by atoms with Gasteiger partial charge in [0.1, 0.15) is 9.71 Å². The van der Waals surface area contributed by atoms with Gasteiger partial charge in [0.25, 0.3) is 5.91 Å². The fraction of sp³-hybridized carbons (Fsp3) is 0.417. The molecule has 4 aromatic heterocycles. The molecule has 1 aliphatic carbocycles. The van der Waals surface area contributed by atoms with Gasteiger partial charge in [0, 0.05) is 48.9 Å². The molecule has 5 heterocycles. The number of carbonyl (C=O) groups excluding carboxylic acids is 1. The molecule has 7 nitrogen and oxygen atoms in total. The Bertz CT molecular complexity index is 1350. The Hall–Kier alpha value is -3.00. The number of aromatic nitrogens is 4. The molecule has 0 aromatic carbocycles. The van der Waals surface area contributed by atoms with E-state index < -0.39 is 0 Å². The number of hydrogen-bond acceptors (Lipinski definition) is 6. The van der Waals surface area contributed by atoms with Crippen LogP contribution >= 0.6 is 11.3 Å². The largest absolute Gasteiger partial charge is 0.397 e. The van der Waals surface area contributed by atoms with E-state index in [1.807, 2.05) is 24.3 Å². The lowest BCUT2D eigenvalue weighted by Crippen LogP contribution is -2.35. The van der Waals surface area contributed by atoms with Crippen molar-refractivity contribution >= 4 is 44.2 Å². The second-order valence-electron chi connectivity index (χ2n) is 9.04. The van der Waals surface area contributed by atoms with Crippen molar-refractivity contribution in [1.29, 1.82) is 0 Å². The Morgan fingerprint density at radius 3 is 2.72 bits per heavy atom. The van der Waals surface area contributed by atoms with Gasteiger partial charge in [-0.2, -0.15) is 5.10 Å². The van der Waals surface area contributed by atoms with Gasteiger partial charge in [0.2, 0.25) is 0 Å². The van der Waals surface area contributed by atoms with Crippen molar-refractivity contribution in [2.75, 3.05) is 18.8 Å². The van der Waals surface area contributed by atoms with Crippen LogP contribution in [0.1, 0.15) is 59.7 Å². The molecule has 1 amide bonds. The Morgan fingerprint density at radius 2 is 1.97 bits per heavy atom. The quantitative estimate of drug-likeness (QED) is 0.492. The number of aryl methyl sites for hydroxylation is 1. The van der Waals surface area contributed by atoms with Crippen molar-refractivity contribution in [1.82, 2.24) is 24.6 Å². The van der Waals surface area contributed by atoms with E-state index in [-0.39, 0.29) is 5.91 Å². The van der Waals surface area contributed by atoms with E-state index in [9.17, 15) is 4.79 Å². The van der Waals surface area contributed by atoms with Crippen molar-refractivity contribution in [3.63, 3.8) is 0 Å². The van der Waals surface area contributed by atoms with E-state index in [2.05, 4.69) is 22.2 Å². The van der Waals surface area contributed by atoms with Crippen molar-refractivity contribution < 1.29 is 4.79 Å². The van der Waals surface area contributed by atoms with Gasteiger partial charge in [0.05, 0.1) is 11.4 Å². The Morgan fingerprint density at radius 1 is 1.16 bits per heavy atom. The van der Waals surface area contributed by atoms with Crippen molar-refractivity contribution in [2.24, 2.45) is 7.05 Å². The predicted molar refractivity (Wildman–Crippen MR) is 128 cm³/mol.